The molecule has 0 fully saturated rings. The Bertz CT molecular complexity index is 1300. The summed E-state index contributed by atoms with van der Waals surface area (Å²) in [4.78, 5) is 19.9. The number of hydrogen-bond donors (Lipinski definition) is 1. The number of H-pyrrole nitrogens is 1. The average Bonchev–Trinajstić information content (AvgIpc) is 3.13. The predicted molar refractivity (Wildman–Crippen MR) is 113 cm³/mol. The molecule has 0 aliphatic carbocycles. The van der Waals surface area contributed by atoms with Crippen molar-refractivity contribution in [3.63, 3.8) is 0 Å². The van der Waals surface area contributed by atoms with Crippen molar-refractivity contribution in [2.75, 3.05) is 28.4 Å². The van der Waals surface area contributed by atoms with Gasteiger partial charge in [-0.3, -0.25) is 9.55 Å². The molecule has 8 nitrogen and oxygen atoms in total. The fraction of sp³-hybridized carbons (Fsp3) is 0.182. The molecule has 1 N–H and O–H groups in total. The van der Waals surface area contributed by atoms with Crippen LogP contribution in [-0.4, -0.2) is 43.0 Å². The minimum Gasteiger partial charge on any atom is -0.494 e. The number of rotatable bonds is 6. The number of fused-ring (bicyclic) bond motifs is 1. The highest BCUT2D eigenvalue weighted by molar-refractivity contribution is 5.92. The maximum Gasteiger partial charge on any atom is 0.331 e. The van der Waals surface area contributed by atoms with Gasteiger partial charge in [0.1, 0.15) is 0 Å². The van der Waals surface area contributed by atoms with E-state index < -0.39 is 11.5 Å². The number of halogens is 1. The van der Waals surface area contributed by atoms with Gasteiger partial charge < -0.3 is 23.9 Å². The monoisotopic (exact) mass is 425 g/mol. The highest BCUT2D eigenvalue weighted by Gasteiger charge is 2.20. The molecule has 0 aliphatic heterocycles. The smallest absolute Gasteiger partial charge is 0.331 e. The lowest BCUT2D eigenvalue weighted by Crippen LogP contribution is -2.15. The number of aromatic nitrogens is 3. The molecule has 0 atom stereocenters. The van der Waals surface area contributed by atoms with E-state index in [1.807, 2.05) is 0 Å². The molecule has 2 aromatic heterocycles. The van der Waals surface area contributed by atoms with Gasteiger partial charge in [0.15, 0.2) is 23.1 Å². The largest absolute Gasteiger partial charge is 0.494 e. The summed E-state index contributed by atoms with van der Waals surface area (Å²) in [5.74, 6) is 0.795. The van der Waals surface area contributed by atoms with Gasteiger partial charge in [0.25, 0.3) is 0 Å². The fourth-order valence-electron chi connectivity index (χ4n) is 3.55. The van der Waals surface area contributed by atoms with Crippen molar-refractivity contribution in [3.05, 3.63) is 59.0 Å². The zero-order chi connectivity index (χ0) is 22.1. The van der Waals surface area contributed by atoms with Crippen LogP contribution in [0, 0.1) is 5.82 Å². The molecule has 4 rings (SSSR count). The summed E-state index contributed by atoms with van der Waals surface area (Å²) in [6.45, 7) is 0. The minimum absolute atomic E-state index is 0.125. The molecule has 2 aromatic carbocycles. The van der Waals surface area contributed by atoms with Crippen molar-refractivity contribution >= 4 is 11.0 Å². The third-order valence-electron chi connectivity index (χ3n) is 4.96. The van der Waals surface area contributed by atoms with Crippen molar-refractivity contribution in [2.45, 2.75) is 0 Å². The highest BCUT2D eigenvalue weighted by atomic mass is 19.1. The van der Waals surface area contributed by atoms with E-state index >= 15 is 0 Å². The molecule has 0 bridgehead atoms. The summed E-state index contributed by atoms with van der Waals surface area (Å²) in [6.07, 6.45) is 3.11. The molecule has 4 aromatic rings. The summed E-state index contributed by atoms with van der Waals surface area (Å²) in [6, 6.07) is 7.89. The van der Waals surface area contributed by atoms with Gasteiger partial charge in [-0.2, -0.15) is 0 Å². The van der Waals surface area contributed by atoms with Crippen molar-refractivity contribution in [2.24, 2.45) is 0 Å². The van der Waals surface area contributed by atoms with E-state index in [0.717, 1.165) is 0 Å². The van der Waals surface area contributed by atoms with Crippen LogP contribution in [0.1, 0.15) is 0 Å². The normalized spacial score (nSPS) is 10.9. The third-order valence-corrected chi connectivity index (χ3v) is 4.96. The Morgan fingerprint density at radius 1 is 0.903 bits per heavy atom. The van der Waals surface area contributed by atoms with Gasteiger partial charge in [-0.15, -0.1) is 0 Å². The Kier molecular flexibility index (Phi) is 5.24. The number of nitrogens with one attached hydrogen (secondary N) is 1. The molecule has 9 heteroatoms. The van der Waals surface area contributed by atoms with Crippen LogP contribution in [-0.2, 0) is 0 Å². The number of benzene rings is 2. The van der Waals surface area contributed by atoms with Crippen molar-refractivity contribution in [3.8, 4) is 39.8 Å². The standard InChI is InChI=1S/C22H20FN3O5/c1-28-17-6-5-12(7-15(17)23)14-10-24-11-16-20(14)26(22(27)25-16)13-8-18(29-2)21(31-4)19(9-13)30-3/h5-11H,1-4H3,(H,25,27). The number of pyridine rings is 1. The van der Waals surface area contributed by atoms with E-state index in [0.29, 0.717) is 45.1 Å². The summed E-state index contributed by atoms with van der Waals surface area (Å²) in [5.41, 5.74) is 2.20. The molecule has 2 heterocycles. The van der Waals surface area contributed by atoms with Crippen LogP contribution in [0.15, 0.2) is 47.5 Å². The van der Waals surface area contributed by atoms with Gasteiger partial charge in [-0.05, 0) is 17.7 Å². The molecule has 0 aliphatic rings. The Labute approximate surface area is 176 Å². The van der Waals surface area contributed by atoms with Crippen LogP contribution in [0.4, 0.5) is 4.39 Å². The lowest BCUT2D eigenvalue weighted by Gasteiger charge is -2.15. The molecule has 160 valence electrons. The van der Waals surface area contributed by atoms with E-state index in [9.17, 15) is 9.18 Å². The number of methoxy groups -OCH3 is 4. The predicted octanol–water partition coefficient (Wildman–Crippen LogP) is 3.55. The van der Waals surface area contributed by atoms with E-state index in [4.69, 9.17) is 18.9 Å². The van der Waals surface area contributed by atoms with Crippen LogP contribution in [0.5, 0.6) is 23.0 Å². The molecular formula is C22H20FN3O5. The van der Waals surface area contributed by atoms with Gasteiger partial charge in [-0.25, -0.2) is 9.18 Å². The minimum atomic E-state index is -0.519. The average molecular weight is 425 g/mol. The summed E-state index contributed by atoms with van der Waals surface area (Å²) < 4.78 is 37.0. The second-order valence-corrected chi connectivity index (χ2v) is 6.58. The first-order chi connectivity index (χ1) is 15.0. The third kappa shape index (κ3) is 3.33. The number of hydrogen-bond acceptors (Lipinski definition) is 6. The molecule has 0 unspecified atom stereocenters. The number of aromatic amines is 1. The molecule has 0 radical (unpaired) electrons. The van der Waals surface area contributed by atoms with Gasteiger partial charge in [0, 0.05) is 23.9 Å². The van der Waals surface area contributed by atoms with Crippen LogP contribution >= 0.6 is 0 Å². The molecular weight excluding hydrogens is 405 g/mol. The SMILES string of the molecule is COc1ccc(-c2cncc3[nH]c(=O)n(-c4cc(OC)c(OC)c(OC)c4)c23)cc1F. The second kappa shape index (κ2) is 8.02. The Hall–Kier alpha value is -4.01. The Morgan fingerprint density at radius 3 is 2.16 bits per heavy atom. The van der Waals surface area contributed by atoms with Gasteiger partial charge in [0.05, 0.1) is 51.4 Å². The van der Waals surface area contributed by atoms with E-state index in [1.54, 1.807) is 24.4 Å². The lowest BCUT2D eigenvalue weighted by atomic mass is 10.1. The number of imidazole rings is 1. The topological polar surface area (TPSA) is 87.6 Å². The van der Waals surface area contributed by atoms with E-state index in [1.165, 1.54) is 51.3 Å². The van der Waals surface area contributed by atoms with Crippen LogP contribution in [0.25, 0.3) is 27.8 Å². The number of nitrogens with zero attached hydrogens (tertiary/aromatic N) is 2. The Balaban J connectivity index is 2.02. The summed E-state index contributed by atoms with van der Waals surface area (Å²) in [7, 11) is 5.89. The number of ether oxygens (including phenoxy) is 4. The van der Waals surface area contributed by atoms with Crippen molar-refractivity contribution in [1.82, 2.24) is 14.5 Å². The highest BCUT2D eigenvalue weighted by Crippen LogP contribution is 2.40. The quantitative estimate of drug-likeness (QED) is 0.508. The fourth-order valence-corrected chi connectivity index (χ4v) is 3.55. The van der Waals surface area contributed by atoms with E-state index in [2.05, 4.69) is 9.97 Å². The molecule has 0 saturated heterocycles. The first-order valence-electron chi connectivity index (χ1n) is 9.25. The van der Waals surface area contributed by atoms with Gasteiger partial charge >= 0.3 is 5.69 Å². The van der Waals surface area contributed by atoms with Crippen molar-refractivity contribution < 1.29 is 23.3 Å². The van der Waals surface area contributed by atoms with Crippen LogP contribution in [0.2, 0.25) is 0 Å². The maximum atomic E-state index is 14.4. The van der Waals surface area contributed by atoms with Gasteiger partial charge in [-0.1, -0.05) is 6.07 Å². The summed E-state index contributed by atoms with van der Waals surface area (Å²) in [5, 5.41) is 0. The zero-order valence-electron chi connectivity index (χ0n) is 17.4. The van der Waals surface area contributed by atoms with Gasteiger partial charge in [0.2, 0.25) is 5.75 Å². The summed E-state index contributed by atoms with van der Waals surface area (Å²) >= 11 is 0. The molecule has 31 heavy (non-hydrogen) atoms. The maximum absolute atomic E-state index is 14.4. The first kappa shape index (κ1) is 20.3. The molecule has 0 spiro atoms. The van der Waals surface area contributed by atoms with Crippen LogP contribution in [0.3, 0.4) is 0 Å². The lowest BCUT2D eigenvalue weighted by molar-refractivity contribution is 0.324. The van der Waals surface area contributed by atoms with Crippen molar-refractivity contribution in [1.29, 1.82) is 0 Å². The van der Waals surface area contributed by atoms with Crippen LogP contribution < -0.4 is 24.6 Å². The Morgan fingerprint density at radius 2 is 1.58 bits per heavy atom. The molecule has 0 saturated carbocycles. The first-order valence-corrected chi connectivity index (χ1v) is 9.25. The van der Waals surface area contributed by atoms with E-state index in [-0.39, 0.29) is 5.75 Å². The zero-order valence-corrected chi connectivity index (χ0v) is 17.4. The molecule has 0 amide bonds. The second-order valence-electron chi connectivity index (χ2n) is 6.58.